The Labute approximate surface area is 135 Å². The van der Waals surface area contributed by atoms with Crippen molar-refractivity contribution in [1.82, 2.24) is 5.32 Å². The highest BCUT2D eigenvalue weighted by Gasteiger charge is 2.16. The molecular formula is C14H13ClN2O4S. The van der Waals surface area contributed by atoms with Crippen molar-refractivity contribution in [3.05, 3.63) is 61.3 Å². The molecule has 1 aromatic carbocycles. The lowest BCUT2D eigenvalue weighted by Crippen LogP contribution is -2.28. The van der Waals surface area contributed by atoms with Crippen LogP contribution in [0.3, 0.4) is 0 Å². The van der Waals surface area contributed by atoms with E-state index >= 15 is 0 Å². The van der Waals surface area contributed by atoms with Gasteiger partial charge in [-0.1, -0.05) is 17.7 Å². The predicted molar refractivity (Wildman–Crippen MR) is 84.5 cm³/mol. The van der Waals surface area contributed by atoms with Crippen molar-refractivity contribution in [2.24, 2.45) is 0 Å². The van der Waals surface area contributed by atoms with Crippen LogP contribution in [-0.2, 0) is 4.74 Å². The molecule has 1 heterocycles. The summed E-state index contributed by atoms with van der Waals surface area (Å²) in [6, 6.07) is 9.16. The molecule has 0 aliphatic rings. The quantitative estimate of drug-likeness (QED) is 0.645. The number of thiophene rings is 1. The molecule has 0 saturated heterocycles. The van der Waals surface area contributed by atoms with E-state index in [0.29, 0.717) is 4.34 Å². The Balaban J connectivity index is 2.02. The minimum absolute atomic E-state index is 0.124. The lowest BCUT2D eigenvalue weighted by molar-refractivity contribution is -0.384. The number of hydrogen-bond acceptors (Lipinski definition) is 5. The third kappa shape index (κ3) is 4.03. The summed E-state index contributed by atoms with van der Waals surface area (Å²) in [7, 11) is 1.54. The molecule has 0 bridgehead atoms. The van der Waals surface area contributed by atoms with E-state index in [1.165, 1.54) is 42.7 Å². The molecular weight excluding hydrogens is 328 g/mol. The van der Waals surface area contributed by atoms with Gasteiger partial charge in [-0.3, -0.25) is 14.9 Å². The van der Waals surface area contributed by atoms with Gasteiger partial charge in [-0.05, 0) is 18.2 Å². The smallest absolute Gasteiger partial charge is 0.270 e. The molecule has 1 aromatic heterocycles. The van der Waals surface area contributed by atoms with Gasteiger partial charge in [0.15, 0.2) is 0 Å². The second-order valence-corrected chi connectivity index (χ2v) is 6.13. The second-order valence-electron chi connectivity index (χ2n) is 4.38. The van der Waals surface area contributed by atoms with Crippen molar-refractivity contribution in [3.63, 3.8) is 0 Å². The molecule has 0 saturated carbocycles. The van der Waals surface area contributed by atoms with Crippen molar-refractivity contribution in [1.29, 1.82) is 0 Å². The zero-order valence-electron chi connectivity index (χ0n) is 11.6. The second kappa shape index (κ2) is 7.35. The lowest BCUT2D eigenvalue weighted by atomic mass is 10.2. The molecule has 0 radical (unpaired) electrons. The van der Waals surface area contributed by atoms with Crippen LogP contribution in [0.15, 0.2) is 36.4 Å². The SMILES string of the molecule is COC(CNC(=O)c1cccc([N+](=O)[O-])c1)c1ccc(Cl)s1. The van der Waals surface area contributed by atoms with E-state index in [1.807, 2.05) is 6.07 Å². The summed E-state index contributed by atoms with van der Waals surface area (Å²) in [5.41, 5.74) is 0.106. The van der Waals surface area contributed by atoms with Gasteiger partial charge in [0.25, 0.3) is 11.6 Å². The number of nitrogens with one attached hydrogen (secondary N) is 1. The average Bonchev–Trinajstić information content (AvgIpc) is 2.94. The van der Waals surface area contributed by atoms with Crippen molar-refractivity contribution >= 4 is 34.5 Å². The first-order chi connectivity index (χ1) is 10.5. The van der Waals surface area contributed by atoms with Gasteiger partial charge in [-0.2, -0.15) is 0 Å². The number of amides is 1. The Morgan fingerprint density at radius 3 is 2.82 bits per heavy atom. The number of rotatable bonds is 6. The molecule has 1 amide bonds. The fraction of sp³-hybridized carbons (Fsp3) is 0.214. The van der Waals surface area contributed by atoms with Crippen LogP contribution >= 0.6 is 22.9 Å². The number of carbonyl (C=O) groups excluding carboxylic acids is 1. The average molecular weight is 341 g/mol. The first kappa shape index (κ1) is 16.4. The number of ether oxygens (including phenoxy) is 1. The zero-order valence-corrected chi connectivity index (χ0v) is 13.2. The normalized spacial score (nSPS) is 11.9. The highest BCUT2D eigenvalue weighted by Crippen LogP contribution is 2.28. The number of carbonyl (C=O) groups is 1. The molecule has 0 aliphatic carbocycles. The van der Waals surface area contributed by atoms with Crippen LogP contribution in [0.2, 0.25) is 4.34 Å². The van der Waals surface area contributed by atoms with Crippen LogP contribution in [0.1, 0.15) is 21.3 Å². The Hall–Kier alpha value is -1.96. The topological polar surface area (TPSA) is 81.5 Å². The van der Waals surface area contributed by atoms with Crippen LogP contribution in [0.4, 0.5) is 5.69 Å². The Kier molecular flexibility index (Phi) is 5.48. The number of nitro groups is 1. The van der Waals surface area contributed by atoms with Gasteiger partial charge in [-0.15, -0.1) is 11.3 Å². The summed E-state index contributed by atoms with van der Waals surface area (Å²) in [5, 5.41) is 13.4. The summed E-state index contributed by atoms with van der Waals surface area (Å²) in [5.74, 6) is -0.395. The van der Waals surface area contributed by atoms with E-state index < -0.39 is 10.8 Å². The van der Waals surface area contributed by atoms with Gasteiger partial charge < -0.3 is 10.1 Å². The first-order valence-electron chi connectivity index (χ1n) is 6.32. The maximum atomic E-state index is 12.1. The van der Waals surface area contributed by atoms with Crippen LogP contribution in [-0.4, -0.2) is 24.5 Å². The molecule has 1 atom stereocenters. The van der Waals surface area contributed by atoms with E-state index in [1.54, 1.807) is 6.07 Å². The van der Waals surface area contributed by atoms with Gasteiger partial charge in [0.1, 0.15) is 6.10 Å². The summed E-state index contributed by atoms with van der Waals surface area (Å²) >= 11 is 7.25. The molecule has 116 valence electrons. The van der Waals surface area contributed by atoms with Crippen molar-refractivity contribution in [2.45, 2.75) is 6.10 Å². The molecule has 8 heteroatoms. The monoisotopic (exact) mass is 340 g/mol. The summed E-state index contributed by atoms with van der Waals surface area (Å²) in [6.07, 6.45) is -0.319. The molecule has 0 fully saturated rings. The van der Waals surface area contributed by atoms with E-state index in [4.69, 9.17) is 16.3 Å². The maximum Gasteiger partial charge on any atom is 0.270 e. The molecule has 1 unspecified atom stereocenters. The summed E-state index contributed by atoms with van der Waals surface area (Å²) < 4.78 is 5.97. The van der Waals surface area contributed by atoms with Crippen LogP contribution in [0.5, 0.6) is 0 Å². The van der Waals surface area contributed by atoms with Gasteiger partial charge in [0, 0.05) is 36.2 Å². The number of methoxy groups -OCH3 is 1. The number of benzene rings is 1. The highest BCUT2D eigenvalue weighted by atomic mass is 35.5. The van der Waals surface area contributed by atoms with Crippen LogP contribution < -0.4 is 5.32 Å². The fourth-order valence-corrected chi connectivity index (χ4v) is 2.99. The lowest BCUT2D eigenvalue weighted by Gasteiger charge is -2.14. The molecule has 22 heavy (non-hydrogen) atoms. The van der Waals surface area contributed by atoms with E-state index in [0.717, 1.165) is 4.88 Å². The minimum atomic E-state index is -0.539. The zero-order chi connectivity index (χ0) is 16.1. The van der Waals surface area contributed by atoms with Crippen molar-refractivity contribution in [2.75, 3.05) is 13.7 Å². The summed E-state index contributed by atoms with van der Waals surface area (Å²) in [6.45, 7) is 0.245. The van der Waals surface area contributed by atoms with Crippen molar-refractivity contribution < 1.29 is 14.5 Å². The Morgan fingerprint density at radius 2 is 2.23 bits per heavy atom. The number of non-ortho nitro benzene ring substituents is 1. The third-order valence-electron chi connectivity index (χ3n) is 2.96. The van der Waals surface area contributed by atoms with Crippen LogP contribution in [0.25, 0.3) is 0 Å². The first-order valence-corrected chi connectivity index (χ1v) is 7.51. The molecule has 0 spiro atoms. The van der Waals surface area contributed by atoms with Gasteiger partial charge in [0.2, 0.25) is 0 Å². The molecule has 2 rings (SSSR count). The van der Waals surface area contributed by atoms with Gasteiger partial charge in [-0.25, -0.2) is 0 Å². The van der Waals surface area contributed by atoms with E-state index in [-0.39, 0.29) is 23.9 Å². The molecule has 6 nitrogen and oxygen atoms in total. The highest BCUT2D eigenvalue weighted by molar-refractivity contribution is 7.16. The van der Waals surface area contributed by atoms with E-state index in [2.05, 4.69) is 5.32 Å². The largest absolute Gasteiger partial charge is 0.374 e. The number of nitrogens with zero attached hydrogens (tertiary/aromatic N) is 1. The predicted octanol–water partition coefficient (Wildman–Crippen LogP) is 3.43. The van der Waals surface area contributed by atoms with Gasteiger partial charge in [0.05, 0.1) is 9.26 Å². The molecule has 0 aliphatic heterocycles. The number of nitro benzene ring substituents is 1. The fourth-order valence-electron chi connectivity index (χ4n) is 1.85. The van der Waals surface area contributed by atoms with Crippen molar-refractivity contribution in [3.8, 4) is 0 Å². The Bertz CT molecular complexity index is 689. The summed E-state index contributed by atoms with van der Waals surface area (Å²) in [4.78, 5) is 23.1. The molecule has 2 aromatic rings. The van der Waals surface area contributed by atoms with Gasteiger partial charge >= 0.3 is 0 Å². The minimum Gasteiger partial charge on any atom is -0.374 e. The third-order valence-corrected chi connectivity index (χ3v) is 4.29. The molecule has 1 N–H and O–H groups in total. The number of hydrogen-bond donors (Lipinski definition) is 1. The number of halogens is 1. The van der Waals surface area contributed by atoms with E-state index in [9.17, 15) is 14.9 Å². The maximum absolute atomic E-state index is 12.1. The van der Waals surface area contributed by atoms with Crippen LogP contribution in [0, 0.1) is 10.1 Å². The standard InChI is InChI=1S/C14H13ClN2O4S/c1-21-11(12-5-6-13(15)22-12)8-16-14(18)9-3-2-4-10(7-9)17(19)20/h2-7,11H,8H2,1H3,(H,16,18). The Morgan fingerprint density at radius 1 is 1.45 bits per heavy atom.